The number of benzene rings is 2. The van der Waals surface area contributed by atoms with E-state index >= 15 is 0 Å². The van der Waals surface area contributed by atoms with Crippen LogP contribution in [0.2, 0.25) is 0 Å². The van der Waals surface area contributed by atoms with Gasteiger partial charge in [0, 0.05) is 30.4 Å². The van der Waals surface area contributed by atoms with E-state index in [-0.39, 0.29) is 36.2 Å². The van der Waals surface area contributed by atoms with Crippen LogP contribution in [0.25, 0.3) is 0 Å². The summed E-state index contributed by atoms with van der Waals surface area (Å²) >= 11 is 0. The summed E-state index contributed by atoms with van der Waals surface area (Å²) in [5.41, 5.74) is 9.47. The molecule has 0 bridgehead atoms. The molecule has 2 aromatic rings. The molecule has 30 heavy (non-hydrogen) atoms. The van der Waals surface area contributed by atoms with E-state index in [1.54, 1.807) is 6.07 Å². The molecule has 1 aliphatic heterocycles. The molecule has 0 aromatic heterocycles. The summed E-state index contributed by atoms with van der Waals surface area (Å²) in [5.74, 6) is 0.0981. The lowest BCUT2D eigenvalue weighted by molar-refractivity contribution is -0.120. The van der Waals surface area contributed by atoms with Crippen molar-refractivity contribution >= 4 is 29.9 Å². The summed E-state index contributed by atoms with van der Waals surface area (Å²) in [6.07, 6.45) is 2.23. The summed E-state index contributed by atoms with van der Waals surface area (Å²) in [4.78, 5) is 27.5. The molecule has 0 radical (unpaired) electrons. The molecule has 0 aliphatic carbocycles. The molecule has 162 valence electrons. The van der Waals surface area contributed by atoms with Crippen LogP contribution in [0.3, 0.4) is 0 Å². The van der Waals surface area contributed by atoms with Crippen LogP contribution in [0.4, 0.5) is 5.69 Å². The van der Waals surface area contributed by atoms with Crippen LogP contribution >= 0.6 is 12.4 Å². The number of rotatable bonds is 5. The van der Waals surface area contributed by atoms with Crippen LogP contribution < -0.4 is 11.1 Å². The van der Waals surface area contributed by atoms with Crippen molar-refractivity contribution in [1.82, 2.24) is 4.90 Å². The molecule has 3 atom stereocenters. The third-order valence-electron chi connectivity index (χ3n) is 5.81. The Morgan fingerprint density at radius 2 is 1.87 bits per heavy atom. The van der Waals surface area contributed by atoms with Crippen molar-refractivity contribution in [3.63, 3.8) is 0 Å². The summed E-state index contributed by atoms with van der Waals surface area (Å²) in [5, 5.41) is 2.97. The molecule has 1 fully saturated rings. The van der Waals surface area contributed by atoms with Gasteiger partial charge >= 0.3 is 0 Å². The van der Waals surface area contributed by atoms with E-state index in [2.05, 4.69) is 12.2 Å². The van der Waals surface area contributed by atoms with Gasteiger partial charge in [0.15, 0.2) is 0 Å². The van der Waals surface area contributed by atoms with Gasteiger partial charge in [0.25, 0.3) is 5.91 Å². The molecule has 0 saturated carbocycles. The average Bonchev–Trinajstić information content (AvgIpc) is 2.74. The second-order valence-electron chi connectivity index (χ2n) is 8.24. The minimum absolute atomic E-state index is 0. The number of hydrogen-bond acceptors (Lipinski definition) is 3. The molecular formula is C24H32ClN3O2. The Morgan fingerprint density at radius 3 is 2.50 bits per heavy atom. The number of nitrogens with one attached hydrogen (secondary N) is 1. The van der Waals surface area contributed by atoms with Gasteiger partial charge in [-0.25, -0.2) is 0 Å². The summed E-state index contributed by atoms with van der Waals surface area (Å²) < 4.78 is 0. The normalized spacial score (nSPS) is 18.1. The van der Waals surface area contributed by atoms with Crippen molar-refractivity contribution in [2.24, 2.45) is 17.6 Å². The second kappa shape index (κ2) is 10.6. The molecule has 5 nitrogen and oxygen atoms in total. The molecule has 6 heteroatoms. The molecule has 2 amide bonds. The first kappa shape index (κ1) is 23.9. The molecule has 1 heterocycles. The van der Waals surface area contributed by atoms with Gasteiger partial charge in [-0.1, -0.05) is 44.2 Å². The topological polar surface area (TPSA) is 75.4 Å². The van der Waals surface area contributed by atoms with E-state index < -0.39 is 0 Å². The minimum atomic E-state index is -0.382. The lowest BCUT2D eigenvalue weighted by Crippen LogP contribution is -2.39. The van der Waals surface area contributed by atoms with Crippen molar-refractivity contribution in [3.05, 3.63) is 65.2 Å². The van der Waals surface area contributed by atoms with Gasteiger partial charge in [0.2, 0.25) is 5.91 Å². The largest absolute Gasteiger partial charge is 0.338 e. The van der Waals surface area contributed by atoms with Crippen molar-refractivity contribution in [2.45, 2.75) is 39.7 Å². The Kier molecular flexibility index (Phi) is 8.44. The maximum Gasteiger partial charge on any atom is 0.253 e. The maximum atomic E-state index is 12.8. The van der Waals surface area contributed by atoms with Crippen LogP contribution in [0.1, 0.15) is 54.2 Å². The number of nitrogens with two attached hydrogens (primary N) is 1. The monoisotopic (exact) mass is 429 g/mol. The number of piperidine rings is 1. The highest BCUT2D eigenvalue weighted by molar-refractivity contribution is 5.97. The third-order valence-corrected chi connectivity index (χ3v) is 5.81. The molecular weight excluding hydrogens is 398 g/mol. The highest BCUT2D eigenvalue weighted by atomic mass is 35.5. The number of likely N-dealkylation sites (tertiary alicyclic amines) is 1. The van der Waals surface area contributed by atoms with Crippen LogP contribution in [0.5, 0.6) is 0 Å². The van der Waals surface area contributed by atoms with Crippen molar-refractivity contribution in [1.29, 1.82) is 0 Å². The number of nitrogens with zero attached hydrogens (tertiary/aromatic N) is 1. The number of carbonyl (C=O) groups excluding carboxylic acids is 2. The van der Waals surface area contributed by atoms with E-state index in [0.717, 1.165) is 30.6 Å². The first-order chi connectivity index (χ1) is 13.9. The van der Waals surface area contributed by atoms with Crippen LogP contribution in [-0.4, -0.2) is 29.8 Å². The zero-order valence-electron chi connectivity index (χ0n) is 17.9. The van der Waals surface area contributed by atoms with E-state index in [4.69, 9.17) is 5.73 Å². The van der Waals surface area contributed by atoms with Crippen LogP contribution in [0.15, 0.2) is 48.5 Å². The van der Waals surface area contributed by atoms with Crippen molar-refractivity contribution in [2.75, 3.05) is 18.4 Å². The smallest absolute Gasteiger partial charge is 0.253 e. The van der Waals surface area contributed by atoms with E-state index in [1.165, 1.54) is 6.42 Å². The summed E-state index contributed by atoms with van der Waals surface area (Å²) in [6.45, 7) is 7.55. The number of carbonyl (C=O) groups is 2. The van der Waals surface area contributed by atoms with Gasteiger partial charge in [0.05, 0.1) is 5.92 Å². The van der Waals surface area contributed by atoms with E-state index in [1.807, 2.05) is 61.2 Å². The third kappa shape index (κ3) is 5.61. The number of amides is 2. The van der Waals surface area contributed by atoms with Gasteiger partial charge < -0.3 is 16.0 Å². The van der Waals surface area contributed by atoms with Gasteiger partial charge in [-0.05, 0) is 55.0 Å². The fourth-order valence-electron chi connectivity index (χ4n) is 3.87. The fourth-order valence-corrected chi connectivity index (χ4v) is 3.87. The van der Waals surface area contributed by atoms with E-state index in [0.29, 0.717) is 17.2 Å². The predicted molar refractivity (Wildman–Crippen MR) is 124 cm³/mol. The van der Waals surface area contributed by atoms with Gasteiger partial charge in [-0.2, -0.15) is 0 Å². The first-order valence-corrected chi connectivity index (χ1v) is 10.4. The Hall–Kier alpha value is -2.37. The van der Waals surface area contributed by atoms with Crippen molar-refractivity contribution in [3.8, 4) is 0 Å². The number of anilines is 1. The predicted octanol–water partition coefficient (Wildman–Crippen LogP) is 4.56. The molecule has 2 aromatic carbocycles. The number of halogens is 1. The fraction of sp³-hybridized carbons (Fsp3) is 0.417. The second-order valence-corrected chi connectivity index (χ2v) is 8.24. The van der Waals surface area contributed by atoms with Gasteiger partial charge in [-0.3, -0.25) is 9.59 Å². The summed E-state index contributed by atoms with van der Waals surface area (Å²) in [7, 11) is 0. The van der Waals surface area contributed by atoms with Gasteiger partial charge in [-0.15, -0.1) is 12.4 Å². The lowest BCUT2D eigenvalue weighted by Gasteiger charge is -2.31. The molecule has 3 N–H and O–H groups in total. The molecule has 3 rings (SSSR count). The Balaban J connectivity index is 0.00000320. The minimum Gasteiger partial charge on any atom is -0.338 e. The Labute approximate surface area is 185 Å². The quantitative estimate of drug-likeness (QED) is 0.731. The summed E-state index contributed by atoms with van der Waals surface area (Å²) in [6, 6.07) is 14.7. The maximum absolute atomic E-state index is 12.8. The lowest BCUT2D eigenvalue weighted by atomic mass is 9.94. The standard InChI is InChI=1S/C24H31N3O2.ClH/c1-16-8-7-13-27(15-16)24(29)20-11-12-21(17(2)14-20)26-23(28)18(3)22(25)19-9-5-4-6-10-19;/h4-6,9-12,14,16,18,22H,7-8,13,15,25H2,1-3H3,(H,26,28);1H. The Bertz CT molecular complexity index is 872. The van der Waals surface area contributed by atoms with E-state index in [9.17, 15) is 9.59 Å². The molecule has 3 unspecified atom stereocenters. The zero-order chi connectivity index (χ0) is 21.0. The number of aryl methyl sites for hydroxylation is 1. The Morgan fingerprint density at radius 1 is 1.17 bits per heavy atom. The zero-order valence-corrected chi connectivity index (χ0v) is 18.7. The van der Waals surface area contributed by atoms with Gasteiger partial charge in [0.1, 0.15) is 0 Å². The van der Waals surface area contributed by atoms with Crippen LogP contribution in [0, 0.1) is 18.8 Å². The van der Waals surface area contributed by atoms with Crippen LogP contribution in [-0.2, 0) is 4.79 Å². The molecule has 0 spiro atoms. The molecule has 1 saturated heterocycles. The van der Waals surface area contributed by atoms with Crippen molar-refractivity contribution < 1.29 is 9.59 Å². The SMILES string of the molecule is Cc1cc(C(=O)N2CCCC(C)C2)ccc1NC(=O)C(C)C(N)c1ccccc1.Cl. The highest BCUT2D eigenvalue weighted by Crippen LogP contribution is 2.24. The highest BCUT2D eigenvalue weighted by Gasteiger charge is 2.24. The number of hydrogen-bond donors (Lipinski definition) is 2. The first-order valence-electron chi connectivity index (χ1n) is 10.4. The average molecular weight is 430 g/mol. The molecule has 1 aliphatic rings.